The third-order valence-electron chi connectivity index (χ3n) is 0.728. The molecular weight excluding hydrogens is 250 g/mol. The summed E-state index contributed by atoms with van der Waals surface area (Å²) >= 11 is 5.00. The van der Waals surface area contributed by atoms with Crippen LogP contribution >= 0.6 is 11.6 Å². The molecule has 84 valence electrons. The van der Waals surface area contributed by atoms with Crippen LogP contribution in [0.25, 0.3) is 0 Å². The summed E-state index contributed by atoms with van der Waals surface area (Å²) in [5, 5.41) is 4.55. The van der Waals surface area contributed by atoms with Crippen LogP contribution in [0.15, 0.2) is 0 Å². The van der Waals surface area contributed by atoms with Crippen molar-refractivity contribution in [1.29, 1.82) is 0 Å². The molecule has 1 N–H and O–H groups in total. The Morgan fingerprint density at radius 1 is 1.07 bits per heavy atom. The van der Waals surface area contributed by atoms with E-state index in [1.807, 2.05) is 6.92 Å². The van der Waals surface area contributed by atoms with Crippen LogP contribution in [-0.2, 0) is 20.6 Å². The number of nitrogens with one attached hydrogen (secondary N) is 1. The Morgan fingerprint density at radius 2 is 1.36 bits per heavy atom. The standard InChI is InChI=1S/C4H7NO4S2.C2H5Cl/c6-10(7)3-1-5-2-4-11(8)9;1-2-3/h3-5H,1-2H2;2H2,1H3. The minimum absolute atomic E-state index is 0.143. The largest absolute Gasteiger partial charge is 0.308 e. The van der Waals surface area contributed by atoms with Crippen LogP contribution in [0.2, 0.25) is 0 Å². The SMILES string of the molecule is CCCl.O=S(=O)=CCNCC=S(=O)=O. The van der Waals surface area contributed by atoms with Gasteiger partial charge in [-0.2, -0.15) is 16.8 Å². The van der Waals surface area contributed by atoms with Gasteiger partial charge in [0.05, 0.1) is 0 Å². The number of alkyl halides is 1. The molecule has 0 fully saturated rings. The molecule has 0 heterocycles. The average Bonchev–Trinajstić information content (AvgIpc) is 2.04. The van der Waals surface area contributed by atoms with Crippen molar-refractivity contribution in [2.24, 2.45) is 0 Å². The van der Waals surface area contributed by atoms with Gasteiger partial charge in [-0.25, -0.2) is 0 Å². The first-order valence-corrected chi connectivity index (χ1v) is 6.45. The van der Waals surface area contributed by atoms with Gasteiger partial charge in [0.25, 0.3) is 0 Å². The fraction of sp³-hybridized carbons (Fsp3) is 0.667. The van der Waals surface area contributed by atoms with Crippen molar-refractivity contribution in [2.75, 3.05) is 19.0 Å². The van der Waals surface area contributed by atoms with Crippen LogP contribution in [-0.4, -0.2) is 46.5 Å². The molecule has 14 heavy (non-hydrogen) atoms. The van der Waals surface area contributed by atoms with E-state index in [-0.39, 0.29) is 13.1 Å². The lowest BCUT2D eigenvalue weighted by Crippen LogP contribution is -2.18. The smallest absolute Gasteiger partial charge is 0.211 e. The number of hydrogen-bond acceptors (Lipinski definition) is 5. The van der Waals surface area contributed by atoms with Gasteiger partial charge in [-0.15, -0.1) is 11.6 Å². The lowest BCUT2D eigenvalue weighted by atomic mass is 10.7. The molecular formula is C6H12ClNO4S2. The summed E-state index contributed by atoms with van der Waals surface area (Å²) in [4.78, 5) is 0. The summed E-state index contributed by atoms with van der Waals surface area (Å²) in [6, 6.07) is 0. The zero-order valence-electron chi connectivity index (χ0n) is 7.60. The maximum absolute atomic E-state index is 9.87. The molecule has 5 nitrogen and oxygen atoms in total. The summed E-state index contributed by atoms with van der Waals surface area (Å²) in [5.41, 5.74) is 0. The van der Waals surface area contributed by atoms with Gasteiger partial charge in [0.1, 0.15) is 0 Å². The minimum atomic E-state index is -2.19. The van der Waals surface area contributed by atoms with Gasteiger partial charge in [-0.3, -0.25) is 0 Å². The van der Waals surface area contributed by atoms with Crippen LogP contribution in [0.3, 0.4) is 0 Å². The summed E-state index contributed by atoms with van der Waals surface area (Å²) in [5.74, 6) is 0.722. The van der Waals surface area contributed by atoms with E-state index in [4.69, 9.17) is 11.6 Å². The van der Waals surface area contributed by atoms with Crippen LogP contribution < -0.4 is 5.32 Å². The predicted octanol–water partition coefficient (Wildman–Crippen LogP) is -0.816. The average molecular weight is 262 g/mol. The lowest BCUT2D eigenvalue weighted by molar-refractivity contribution is 0.626. The highest BCUT2D eigenvalue weighted by molar-refractivity contribution is 7.71. The highest BCUT2D eigenvalue weighted by Crippen LogP contribution is 1.59. The van der Waals surface area contributed by atoms with Gasteiger partial charge in [-0.05, 0) is 0 Å². The van der Waals surface area contributed by atoms with Crippen LogP contribution in [0.4, 0.5) is 0 Å². The van der Waals surface area contributed by atoms with Crippen molar-refractivity contribution in [1.82, 2.24) is 5.32 Å². The van der Waals surface area contributed by atoms with Crippen molar-refractivity contribution < 1.29 is 16.8 Å². The van der Waals surface area contributed by atoms with Gasteiger partial charge in [0, 0.05) is 29.7 Å². The second-order valence-electron chi connectivity index (χ2n) is 1.78. The molecule has 0 saturated heterocycles. The lowest BCUT2D eigenvalue weighted by Gasteiger charge is -1.87. The molecule has 0 radical (unpaired) electrons. The van der Waals surface area contributed by atoms with Crippen molar-refractivity contribution >= 4 is 42.9 Å². The molecule has 0 aromatic heterocycles. The van der Waals surface area contributed by atoms with Crippen molar-refractivity contribution in [3.8, 4) is 0 Å². The number of hydrogen-bond donors (Lipinski definition) is 1. The molecule has 0 atom stereocenters. The molecule has 0 unspecified atom stereocenters. The van der Waals surface area contributed by atoms with Crippen molar-refractivity contribution in [3.63, 3.8) is 0 Å². The van der Waals surface area contributed by atoms with E-state index < -0.39 is 20.6 Å². The summed E-state index contributed by atoms with van der Waals surface area (Å²) in [6.45, 7) is 2.18. The van der Waals surface area contributed by atoms with Gasteiger partial charge < -0.3 is 5.32 Å². The van der Waals surface area contributed by atoms with Crippen LogP contribution in [0.5, 0.6) is 0 Å². The monoisotopic (exact) mass is 261 g/mol. The topological polar surface area (TPSA) is 80.3 Å². The van der Waals surface area contributed by atoms with Gasteiger partial charge in [0.2, 0.25) is 20.6 Å². The third kappa shape index (κ3) is 22.6. The normalized spacial score (nSPS) is 8.14. The first-order chi connectivity index (χ1) is 6.54. The van der Waals surface area contributed by atoms with E-state index >= 15 is 0 Å². The molecule has 0 aliphatic carbocycles. The Labute approximate surface area is 91.1 Å². The molecule has 0 aliphatic heterocycles. The van der Waals surface area contributed by atoms with E-state index in [2.05, 4.69) is 5.32 Å². The molecule has 0 aromatic rings. The molecule has 0 aliphatic rings. The first kappa shape index (κ1) is 16.1. The number of halogens is 1. The van der Waals surface area contributed by atoms with E-state index in [0.717, 1.165) is 16.6 Å². The van der Waals surface area contributed by atoms with Gasteiger partial charge in [-0.1, -0.05) is 6.92 Å². The first-order valence-electron chi connectivity index (χ1n) is 3.64. The highest BCUT2D eigenvalue weighted by Gasteiger charge is 1.79. The Hall–Kier alpha value is -0.370. The van der Waals surface area contributed by atoms with Gasteiger partial charge in [0.15, 0.2) is 0 Å². The minimum Gasteiger partial charge on any atom is -0.308 e. The molecule has 0 amide bonds. The molecule has 0 spiro atoms. The number of rotatable bonds is 4. The molecule has 0 bridgehead atoms. The second kappa shape index (κ2) is 12.6. The summed E-state index contributed by atoms with van der Waals surface area (Å²) in [7, 11) is -4.37. The quantitative estimate of drug-likeness (QED) is 0.407. The maximum Gasteiger partial charge on any atom is 0.211 e. The van der Waals surface area contributed by atoms with Gasteiger partial charge >= 0.3 is 0 Å². The fourth-order valence-corrected chi connectivity index (χ4v) is 0.845. The van der Waals surface area contributed by atoms with E-state index in [1.54, 1.807) is 0 Å². The highest BCUT2D eigenvalue weighted by atomic mass is 35.5. The Balaban J connectivity index is 0. The maximum atomic E-state index is 9.87. The Kier molecular flexibility index (Phi) is 14.5. The zero-order valence-corrected chi connectivity index (χ0v) is 9.99. The van der Waals surface area contributed by atoms with E-state index in [0.29, 0.717) is 0 Å². The summed E-state index contributed by atoms with van der Waals surface area (Å²) in [6.07, 6.45) is 0. The van der Waals surface area contributed by atoms with Crippen molar-refractivity contribution in [3.05, 3.63) is 0 Å². The molecule has 0 rings (SSSR count). The molecule has 8 heteroatoms. The van der Waals surface area contributed by atoms with Crippen LogP contribution in [0, 0.1) is 0 Å². The Morgan fingerprint density at radius 3 is 1.57 bits per heavy atom. The Bertz CT molecular complexity index is 319. The second-order valence-corrected chi connectivity index (χ2v) is 4.02. The third-order valence-corrected chi connectivity index (χ3v) is 1.61. The predicted molar refractivity (Wildman–Crippen MR) is 59.2 cm³/mol. The fourth-order valence-electron chi connectivity index (χ4n) is 0.337. The summed E-state index contributed by atoms with van der Waals surface area (Å²) < 4.78 is 39.5. The molecule has 0 aromatic carbocycles. The molecule has 0 saturated carbocycles. The van der Waals surface area contributed by atoms with Crippen molar-refractivity contribution in [2.45, 2.75) is 6.92 Å². The van der Waals surface area contributed by atoms with E-state index in [9.17, 15) is 16.8 Å². The van der Waals surface area contributed by atoms with E-state index in [1.165, 1.54) is 0 Å². The van der Waals surface area contributed by atoms with Crippen LogP contribution in [0.1, 0.15) is 6.92 Å². The zero-order chi connectivity index (χ0) is 11.4.